The lowest BCUT2D eigenvalue weighted by Crippen LogP contribution is -2.46. The highest BCUT2D eigenvalue weighted by molar-refractivity contribution is 5.76. The monoisotopic (exact) mass is 270 g/mol. The molecule has 1 heterocycles. The number of amides is 2. The molecule has 6 nitrogen and oxygen atoms in total. The number of rotatable bonds is 8. The van der Waals surface area contributed by atoms with Gasteiger partial charge in [-0.1, -0.05) is 6.42 Å². The van der Waals surface area contributed by atoms with Crippen molar-refractivity contribution in [1.82, 2.24) is 10.2 Å². The Morgan fingerprint density at radius 3 is 2.42 bits per heavy atom. The van der Waals surface area contributed by atoms with E-state index in [4.69, 9.17) is 11.5 Å². The van der Waals surface area contributed by atoms with E-state index in [2.05, 4.69) is 5.32 Å². The first kappa shape index (κ1) is 15.9. The number of primary amides is 1. The van der Waals surface area contributed by atoms with Crippen LogP contribution in [0.25, 0.3) is 0 Å². The highest BCUT2D eigenvalue weighted by atomic mass is 16.2. The van der Waals surface area contributed by atoms with Crippen molar-refractivity contribution in [1.29, 1.82) is 0 Å². The second-order valence-corrected chi connectivity index (χ2v) is 5.18. The van der Waals surface area contributed by atoms with Gasteiger partial charge in [-0.15, -0.1) is 0 Å². The molecule has 0 spiro atoms. The predicted octanol–water partition coefficient (Wildman–Crippen LogP) is -0.429. The molecular formula is C13H26N4O2. The number of nitrogens with zero attached hydrogens (tertiary/aromatic N) is 1. The first-order valence-electron chi connectivity index (χ1n) is 7.12. The first-order chi connectivity index (χ1) is 9.11. The molecule has 0 atom stereocenters. The van der Waals surface area contributed by atoms with E-state index < -0.39 is 0 Å². The third-order valence-electron chi connectivity index (χ3n) is 3.44. The van der Waals surface area contributed by atoms with Gasteiger partial charge in [0.25, 0.3) is 0 Å². The fraction of sp³-hybridized carbons (Fsp3) is 0.846. The van der Waals surface area contributed by atoms with Gasteiger partial charge in [0, 0.05) is 25.6 Å². The molecule has 5 N–H and O–H groups in total. The fourth-order valence-electron chi connectivity index (χ4n) is 2.36. The van der Waals surface area contributed by atoms with E-state index in [0.717, 1.165) is 45.2 Å². The Morgan fingerprint density at radius 1 is 1.16 bits per heavy atom. The van der Waals surface area contributed by atoms with Crippen LogP contribution in [0.15, 0.2) is 0 Å². The summed E-state index contributed by atoms with van der Waals surface area (Å²) in [5, 5.41) is 3.06. The van der Waals surface area contributed by atoms with Crippen molar-refractivity contribution < 1.29 is 9.59 Å². The second kappa shape index (κ2) is 8.87. The summed E-state index contributed by atoms with van der Waals surface area (Å²) in [6, 6.07) is 0.242. The van der Waals surface area contributed by atoms with Crippen LogP contribution in [-0.4, -0.2) is 48.9 Å². The number of hydrogen-bond donors (Lipinski definition) is 3. The molecule has 0 aromatic carbocycles. The fourth-order valence-corrected chi connectivity index (χ4v) is 2.36. The van der Waals surface area contributed by atoms with E-state index in [1.807, 2.05) is 4.90 Å². The summed E-state index contributed by atoms with van der Waals surface area (Å²) in [6.45, 7) is 2.65. The molecule has 1 rings (SSSR count). The standard InChI is InChI=1S/C13H26N4O2/c14-7-3-1-2-4-13(19)16-11-5-8-17(9-6-11)10-12(15)18/h11H,1-10,14H2,(H2,15,18)(H,16,19). The topological polar surface area (TPSA) is 101 Å². The number of nitrogens with one attached hydrogen (secondary N) is 1. The molecule has 0 bridgehead atoms. The molecule has 0 radical (unpaired) electrons. The average molecular weight is 270 g/mol. The molecule has 0 unspecified atom stereocenters. The van der Waals surface area contributed by atoms with Crippen LogP contribution >= 0.6 is 0 Å². The minimum atomic E-state index is -0.289. The van der Waals surface area contributed by atoms with Gasteiger partial charge in [-0.3, -0.25) is 14.5 Å². The van der Waals surface area contributed by atoms with Crippen LogP contribution in [0, 0.1) is 0 Å². The molecule has 1 saturated heterocycles. The number of carbonyl (C=O) groups is 2. The van der Waals surface area contributed by atoms with Gasteiger partial charge < -0.3 is 16.8 Å². The van der Waals surface area contributed by atoms with Crippen LogP contribution in [0.2, 0.25) is 0 Å². The van der Waals surface area contributed by atoms with Gasteiger partial charge in [0.1, 0.15) is 0 Å². The maximum absolute atomic E-state index is 11.7. The number of hydrogen-bond acceptors (Lipinski definition) is 4. The van der Waals surface area contributed by atoms with Crippen LogP contribution in [0.5, 0.6) is 0 Å². The van der Waals surface area contributed by atoms with Crippen molar-refractivity contribution in [3.8, 4) is 0 Å². The number of piperidine rings is 1. The summed E-state index contributed by atoms with van der Waals surface area (Å²) in [7, 11) is 0. The second-order valence-electron chi connectivity index (χ2n) is 5.18. The van der Waals surface area contributed by atoms with Crippen LogP contribution < -0.4 is 16.8 Å². The lowest BCUT2D eigenvalue weighted by Gasteiger charge is -2.31. The molecule has 6 heteroatoms. The summed E-state index contributed by atoms with van der Waals surface area (Å²) in [4.78, 5) is 24.5. The molecule has 2 amide bonds. The first-order valence-corrected chi connectivity index (χ1v) is 7.12. The van der Waals surface area contributed by atoms with E-state index in [0.29, 0.717) is 19.5 Å². The largest absolute Gasteiger partial charge is 0.369 e. The molecule has 1 aliphatic heterocycles. The van der Waals surface area contributed by atoms with Crippen molar-refractivity contribution in [2.24, 2.45) is 11.5 Å². The van der Waals surface area contributed by atoms with Gasteiger partial charge >= 0.3 is 0 Å². The third-order valence-corrected chi connectivity index (χ3v) is 3.44. The van der Waals surface area contributed by atoms with Crippen molar-refractivity contribution >= 4 is 11.8 Å². The minimum absolute atomic E-state index is 0.130. The summed E-state index contributed by atoms with van der Waals surface area (Å²) < 4.78 is 0. The number of unbranched alkanes of at least 4 members (excludes halogenated alkanes) is 2. The van der Waals surface area contributed by atoms with Gasteiger partial charge in [0.05, 0.1) is 6.54 Å². The molecule has 0 saturated carbocycles. The van der Waals surface area contributed by atoms with Gasteiger partial charge in [0.15, 0.2) is 0 Å². The zero-order valence-electron chi connectivity index (χ0n) is 11.6. The zero-order valence-corrected chi connectivity index (χ0v) is 11.6. The maximum atomic E-state index is 11.7. The third kappa shape index (κ3) is 7.12. The summed E-state index contributed by atoms with van der Waals surface area (Å²) >= 11 is 0. The van der Waals surface area contributed by atoms with Crippen molar-refractivity contribution in [2.75, 3.05) is 26.2 Å². The van der Waals surface area contributed by atoms with Crippen LogP contribution in [-0.2, 0) is 9.59 Å². The lowest BCUT2D eigenvalue weighted by molar-refractivity contribution is -0.123. The number of carbonyl (C=O) groups excluding carboxylic acids is 2. The lowest BCUT2D eigenvalue weighted by atomic mass is 10.0. The Kier molecular flexibility index (Phi) is 7.43. The minimum Gasteiger partial charge on any atom is -0.369 e. The Hall–Kier alpha value is -1.14. The molecule has 0 aromatic rings. The molecule has 0 aliphatic carbocycles. The highest BCUT2D eigenvalue weighted by Crippen LogP contribution is 2.10. The smallest absolute Gasteiger partial charge is 0.231 e. The summed E-state index contributed by atoms with van der Waals surface area (Å²) in [5.74, 6) is -0.159. The van der Waals surface area contributed by atoms with Gasteiger partial charge in [-0.2, -0.15) is 0 Å². The van der Waals surface area contributed by atoms with Crippen LogP contribution in [0.4, 0.5) is 0 Å². The molecule has 19 heavy (non-hydrogen) atoms. The van der Waals surface area contributed by atoms with Crippen LogP contribution in [0.1, 0.15) is 38.5 Å². The SMILES string of the molecule is NCCCCCC(=O)NC1CCN(CC(N)=O)CC1. The van der Waals surface area contributed by atoms with Gasteiger partial charge in [-0.05, 0) is 32.2 Å². The molecule has 110 valence electrons. The van der Waals surface area contributed by atoms with Gasteiger partial charge in [-0.25, -0.2) is 0 Å². The Labute approximate surface area is 114 Å². The summed E-state index contributed by atoms with van der Waals surface area (Å²) in [6.07, 6.45) is 5.27. The summed E-state index contributed by atoms with van der Waals surface area (Å²) in [5.41, 5.74) is 10.6. The van der Waals surface area contributed by atoms with Crippen molar-refractivity contribution in [3.63, 3.8) is 0 Å². The van der Waals surface area contributed by atoms with E-state index in [-0.39, 0.29) is 17.9 Å². The quantitative estimate of drug-likeness (QED) is 0.521. The van der Waals surface area contributed by atoms with Crippen LogP contribution in [0.3, 0.4) is 0 Å². The Balaban J connectivity index is 2.11. The normalized spacial score (nSPS) is 17.3. The van der Waals surface area contributed by atoms with Crippen molar-refractivity contribution in [2.45, 2.75) is 44.6 Å². The Morgan fingerprint density at radius 2 is 1.84 bits per heavy atom. The van der Waals surface area contributed by atoms with E-state index in [9.17, 15) is 9.59 Å². The number of likely N-dealkylation sites (tertiary alicyclic amines) is 1. The average Bonchev–Trinajstić information content (AvgIpc) is 2.36. The maximum Gasteiger partial charge on any atom is 0.231 e. The molecule has 0 aromatic heterocycles. The highest BCUT2D eigenvalue weighted by Gasteiger charge is 2.21. The molecular weight excluding hydrogens is 244 g/mol. The van der Waals surface area contributed by atoms with E-state index in [1.54, 1.807) is 0 Å². The predicted molar refractivity (Wildman–Crippen MR) is 74.3 cm³/mol. The Bertz CT molecular complexity index is 288. The molecule has 1 fully saturated rings. The zero-order chi connectivity index (χ0) is 14.1. The van der Waals surface area contributed by atoms with Crippen molar-refractivity contribution in [3.05, 3.63) is 0 Å². The van der Waals surface area contributed by atoms with E-state index in [1.165, 1.54) is 0 Å². The van der Waals surface area contributed by atoms with Gasteiger partial charge in [0.2, 0.25) is 11.8 Å². The molecule has 1 aliphatic rings. The van der Waals surface area contributed by atoms with E-state index >= 15 is 0 Å². The number of nitrogens with two attached hydrogens (primary N) is 2.